The molecular weight excluding hydrogens is 729 g/mol. The summed E-state index contributed by atoms with van der Waals surface area (Å²) in [4.78, 5) is 26.1. The molecule has 56 heavy (non-hydrogen) atoms. The van der Waals surface area contributed by atoms with Crippen molar-refractivity contribution in [3.63, 3.8) is 0 Å². The fourth-order valence-corrected chi connectivity index (χ4v) is 9.18. The molecule has 2 unspecified atom stereocenters. The van der Waals surface area contributed by atoms with Gasteiger partial charge in [0.2, 0.25) is 0 Å². The summed E-state index contributed by atoms with van der Waals surface area (Å²) in [5.41, 5.74) is 0.864. The van der Waals surface area contributed by atoms with E-state index in [2.05, 4.69) is 38.2 Å². The lowest BCUT2D eigenvalue weighted by Gasteiger charge is -2.22. The zero-order valence-corrected chi connectivity index (χ0v) is 37.1. The largest absolute Gasteiger partial charge is 0.445 e. The van der Waals surface area contributed by atoms with Crippen LogP contribution in [0.5, 0.6) is 0 Å². The van der Waals surface area contributed by atoms with Gasteiger partial charge < -0.3 is 9.47 Å². The van der Waals surface area contributed by atoms with Crippen LogP contribution in [0.3, 0.4) is 0 Å². The Morgan fingerprint density at radius 2 is 0.714 bits per heavy atom. The van der Waals surface area contributed by atoms with E-state index >= 15 is 0 Å². The summed E-state index contributed by atoms with van der Waals surface area (Å²) in [5, 5.41) is 0. The summed E-state index contributed by atoms with van der Waals surface area (Å²) >= 11 is 0. The van der Waals surface area contributed by atoms with Crippen molar-refractivity contribution < 1.29 is 19.1 Å². The van der Waals surface area contributed by atoms with Crippen LogP contribution < -0.4 is 0 Å². The third kappa shape index (κ3) is 28.0. The summed E-state index contributed by atoms with van der Waals surface area (Å²) in [6, 6.07) is 19.8. The fourth-order valence-electron chi connectivity index (χ4n) is 6.64. The average molecular weight is 807 g/mol. The zero-order valence-electron chi connectivity index (χ0n) is 35.5. The van der Waals surface area contributed by atoms with Gasteiger partial charge in [0.15, 0.2) is 10.9 Å². The number of benzene rings is 2. The second-order valence-electron chi connectivity index (χ2n) is 15.3. The van der Waals surface area contributed by atoms with E-state index in [1.807, 2.05) is 60.7 Å². The maximum Gasteiger partial charge on any atom is 0.307 e. The number of carbonyl (C=O) groups is 2. The molecule has 0 saturated heterocycles. The van der Waals surface area contributed by atoms with E-state index in [1.165, 1.54) is 137 Å². The molecule has 0 fully saturated rings. The Labute approximate surface area is 351 Å². The van der Waals surface area contributed by atoms with Crippen molar-refractivity contribution in [2.24, 2.45) is 0 Å². The maximum atomic E-state index is 13.0. The first-order valence-corrected chi connectivity index (χ1v) is 25.0. The highest BCUT2D eigenvalue weighted by molar-refractivity contribution is 8.76. The molecule has 0 aliphatic heterocycles. The van der Waals surface area contributed by atoms with Crippen LogP contribution in [0.2, 0.25) is 0 Å². The normalized spacial score (nSPS) is 12.7. The van der Waals surface area contributed by atoms with Gasteiger partial charge in [0, 0.05) is 24.0 Å². The highest BCUT2D eigenvalue weighted by Crippen LogP contribution is 2.47. The molecule has 0 aliphatic carbocycles. The summed E-state index contributed by atoms with van der Waals surface area (Å²) in [6.07, 6.45) is 42.1. The minimum absolute atomic E-state index is 0.179. The average Bonchev–Trinajstić information content (AvgIpc) is 3.22. The van der Waals surface area contributed by atoms with Gasteiger partial charge in [-0.05, 0) is 85.8 Å². The number of carbonyl (C=O) groups excluding carboxylic acids is 2. The van der Waals surface area contributed by atoms with E-state index in [9.17, 15) is 9.59 Å². The van der Waals surface area contributed by atoms with E-state index in [0.29, 0.717) is 12.8 Å². The third-order valence-corrected chi connectivity index (χ3v) is 12.7. The van der Waals surface area contributed by atoms with E-state index in [1.54, 1.807) is 0 Å². The molecular formula is C50H78O4S2. The number of rotatable bonds is 37. The Balaban J connectivity index is 1.68. The van der Waals surface area contributed by atoms with Gasteiger partial charge in [-0.15, -0.1) is 0 Å². The summed E-state index contributed by atoms with van der Waals surface area (Å²) < 4.78 is 12.1. The lowest BCUT2D eigenvalue weighted by molar-refractivity contribution is -0.146. The molecule has 2 rings (SSSR count). The van der Waals surface area contributed by atoms with E-state index < -0.39 is 10.9 Å². The number of hydrogen-bond acceptors (Lipinski definition) is 6. The Bertz CT molecular complexity index is 1150. The SMILES string of the molecule is CCCCCCCC/C=C\CCCCCCCC(=O)OC(SSC(OC(=O)CCCCCCC/C=C\CCCCCCCC)c1ccccc1)c1ccccc1. The molecule has 2 aromatic carbocycles. The molecule has 2 atom stereocenters. The van der Waals surface area contributed by atoms with Crippen LogP contribution in [0.1, 0.15) is 216 Å². The first-order chi connectivity index (χ1) is 27.6. The van der Waals surface area contributed by atoms with Crippen molar-refractivity contribution in [3.05, 3.63) is 96.1 Å². The van der Waals surface area contributed by atoms with E-state index in [0.717, 1.165) is 62.5 Å². The highest BCUT2D eigenvalue weighted by Gasteiger charge is 2.24. The fraction of sp³-hybridized carbons (Fsp3) is 0.640. The van der Waals surface area contributed by atoms with Crippen molar-refractivity contribution in [3.8, 4) is 0 Å². The number of allylic oxidation sites excluding steroid dienone is 4. The van der Waals surface area contributed by atoms with Crippen molar-refractivity contribution in [1.82, 2.24) is 0 Å². The van der Waals surface area contributed by atoms with Crippen molar-refractivity contribution in [1.29, 1.82) is 0 Å². The van der Waals surface area contributed by atoms with Gasteiger partial charge in [-0.1, -0.05) is 202 Å². The highest BCUT2D eigenvalue weighted by atomic mass is 33.1. The van der Waals surface area contributed by atoms with Crippen LogP contribution >= 0.6 is 21.6 Å². The lowest BCUT2D eigenvalue weighted by atomic mass is 10.1. The molecule has 0 heterocycles. The Morgan fingerprint density at radius 1 is 0.429 bits per heavy atom. The molecule has 4 nitrogen and oxygen atoms in total. The van der Waals surface area contributed by atoms with Crippen LogP contribution in [0.25, 0.3) is 0 Å². The topological polar surface area (TPSA) is 52.6 Å². The Hall–Kier alpha value is -2.44. The van der Waals surface area contributed by atoms with Crippen LogP contribution in [0, 0.1) is 0 Å². The number of hydrogen-bond donors (Lipinski definition) is 0. The Morgan fingerprint density at radius 3 is 1.04 bits per heavy atom. The summed E-state index contributed by atoms with van der Waals surface area (Å²) in [5.74, 6) is -0.357. The van der Waals surface area contributed by atoms with Crippen molar-refractivity contribution >= 4 is 33.5 Å². The minimum Gasteiger partial charge on any atom is -0.445 e. The minimum atomic E-state index is -0.493. The van der Waals surface area contributed by atoms with Gasteiger partial charge in [0.05, 0.1) is 0 Å². The third-order valence-electron chi connectivity index (χ3n) is 10.1. The molecule has 0 amide bonds. The molecule has 0 bridgehead atoms. The predicted octanol–water partition coefficient (Wildman–Crippen LogP) is 16.9. The first kappa shape index (κ1) is 49.7. The number of unbranched alkanes of at least 4 members (excludes halogenated alkanes) is 22. The molecule has 0 saturated carbocycles. The van der Waals surface area contributed by atoms with Crippen LogP contribution in [-0.4, -0.2) is 11.9 Å². The predicted molar refractivity (Wildman–Crippen MR) is 245 cm³/mol. The van der Waals surface area contributed by atoms with Gasteiger partial charge >= 0.3 is 11.9 Å². The molecule has 314 valence electrons. The second-order valence-corrected chi connectivity index (χ2v) is 17.7. The van der Waals surface area contributed by atoms with Crippen LogP contribution in [0.15, 0.2) is 85.0 Å². The maximum absolute atomic E-state index is 13.0. The molecule has 0 spiro atoms. The Kier molecular flexibility index (Phi) is 32.7. The van der Waals surface area contributed by atoms with Crippen LogP contribution in [-0.2, 0) is 19.1 Å². The smallest absolute Gasteiger partial charge is 0.307 e. The quantitative estimate of drug-likeness (QED) is 0.0223. The zero-order chi connectivity index (χ0) is 40.0. The van der Waals surface area contributed by atoms with E-state index in [-0.39, 0.29) is 11.9 Å². The van der Waals surface area contributed by atoms with Gasteiger partial charge in [0.25, 0.3) is 0 Å². The first-order valence-electron chi connectivity index (χ1n) is 22.7. The lowest BCUT2D eigenvalue weighted by Crippen LogP contribution is -2.10. The molecule has 2 aromatic rings. The number of ether oxygens (including phenoxy) is 2. The monoisotopic (exact) mass is 807 g/mol. The van der Waals surface area contributed by atoms with Crippen molar-refractivity contribution in [2.75, 3.05) is 0 Å². The van der Waals surface area contributed by atoms with Gasteiger partial charge in [-0.25, -0.2) is 0 Å². The number of esters is 2. The standard InChI is InChI=1S/C50H78O4S2/c1-3-5-7-9-11-13-15-17-19-21-23-25-27-29-37-43-47(51)53-49(45-39-33-31-34-40-45)55-56-50(46-41-35-32-36-42-46)54-48(52)44-38-30-28-26-24-22-20-18-16-14-12-10-8-6-4-2/h17-20,31-36,39-42,49-50H,3-16,21-30,37-38,43-44H2,1-2H3/b19-17-,20-18-. The van der Waals surface area contributed by atoms with Gasteiger partial charge in [-0.2, -0.15) is 0 Å². The van der Waals surface area contributed by atoms with Gasteiger partial charge in [0.1, 0.15) is 0 Å². The van der Waals surface area contributed by atoms with Crippen molar-refractivity contribution in [2.45, 2.75) is 205 Å². The van der Waals surface area contributed by atoms with Crippen LogP contribution in [0.4, 0.5) is 0 Å². The second kappa shape index (κ2) is 36.9. The van der Waals surface area contributed by atoms with Gasteiger partial charge in [-0.3, -0.25) is 9.59 Å². The molecule has 6 heteroatoms. The molecule has 0 radical (unpaired) electrons. The van der Waals surface area contributed by atoms with E-state index in [4.69, 9.17) is 9.47 Å². The summed E-state index contributed by atoms with van der Waals surface area (Å²) in [7, 11) is 2.89. The molecule has 0 N–H and O–H groups in total. The molecule has 0 aromatic heterocycles. The molecule has 0 aliphatic rings. The summed E-state index contributed by atoms with van der Waals surface area (Å²) in [6.45, 7) is 4.54.